The first-order valence-corrected chi connectivity index (χ1v) is 10.6. The zero-order chi connectivity index (χ0) is 27.2. The van der Waals surface area contributed by atoms with Crippen LogP contribution < -0.4 is 50.3 Å². The SMILES string of the molecule is C.C.CC(C)(C)c1nc(C(=O)O)c(Cl)c(N)c1F.CC(C)(C)c1nc(C=O)c(Cl)c(N)c1F.[Na+].[O-][Cl+][O-]. The van der Waals surface area contributed by atoms with Gasteiger partial charge in [0.2, 0.25) is 0 Å². The predicted molar refractivity (Wildman–Crippen MR) is 130 cm³/mol. The monoisotopic (exact) mass is 598 g/mol. The van der Waals surface area contributed by atoms with Crippen LogP contribution in [0.3, 0.4) is 0 Å². The van der Waals surface area contributed by atoms with E-state index in [9.17, 15) is 18.4 Å². The number of hydrogen-bond donors (Lipinski definition) is 3. The van der Waals surface area contributed by atoms with E-state index >= 15 is 0 Å². The van der Waals surface area contributed by atoms with Crippen LogP contribution in [0.2, 0.25) is 10.0 Å². The van der Waals surface area contributed by atoms with E-state index in [4.69, 9.17) is 49.1 Å². The van der Waals surface area contributed by atoms with Gasteiger partial charge in [0.1, 0.15) is 5.69 Å². The van der Waals surface area contributed by atoms with Gasteiger partial charge in [0, 0.05) is 10.8 Å². The number of carboxylic acids is 1. The van der Waals surface area contributed by atoms with Crippen LogP contribution in [0.1, 0.15) is 88.8 Å². The van der Waals surface area contributed by atoms with Gasteiger partial charge in [0.25, 0.3) is 0 Å². The molecule has 0 saturated carbocycles. The van der Waals surface area contributed by atoms with Gasteiger partial charge in [-0.3, -0.25) is 4.79 Å². The molecule has 0 bridgehead atoms. The van der Waals surface area contributed by atoms with Crippen molar-refractivity contribution in [2.24, 2.45) is 0 Å². The first kappa shape index (κ1) is 42.8. The molecular weight excluding hydrogens is 568 g/mol. The number of halogens is 5. The van der Waals surface area contributed by atoms with Crippen LogP contribution in [0.4, 0.5) is 20.2 Å². The van der Waals surface area contributed by atoms with Gasteiger partial charge in [0.05, 0.1) is 44.1 Å². The second-order valence-electron chi connectivity index (χ2n) is 8.72. The number of rotatable bonds is 2. The van der Waals surface area contributed by atoms with E-state index in [1.807, 2.05) is 0 Å². The second-order valence-corrected chi connectivity index (χ2v) is 9.61. The molecule has 2 aromatic rings. The Kier molecular flexibility index (Phi) is 20.0. The molecule has 0 aromatic carbocycles. The molecule has 0 fully saturated rings. The number of nitrogens with zero attached hydrogens (tertiary/aromatic N) is 2. The Bertz CT molecular complexity index is 1070. The molecule has 2 aromatic heterocycles. The molecule has 15 heteroatoms. The molecule has 37 heavy (non-hydrogen) atoms. The number of hydrogen-bond acceptors (Lipinski definition) is 8. The summed E-state index contributed by atoms with van der Waals surface area (Å²) >= 11 is 10.9. The quantitative estimate of drug-likeness (QED) is 0.334. The van der Waals surface area contributed by atoms with Gasteiger partial charge in [-0.25, -0.2) is 23.5 Å². The van der Waals surface area contributed by atoms with Crippen LogP contribution in [-0.4, -0.2) is 27.3 Å². The van der Waals surface area contributed by atoms with E-state index in [1.165, 1.54) is 0 Å². The molecule has 0 aliphatic heterocycles. The predicted octanol–water partition coefficient (Wildman–Crippen LogP) is 0.917. The molecular formula is C22H32Cl3F2N4NaO5. The molecule has 9 nitrogen and oxygen atoms in total. The average molecular weight is 600 g/mol. The van der Waals surface area contributed by atoms with Crippen molar-refractivity contribution in [1.82, 2.24) is 9.97 Å². The summed E-state index contributed by atoms with van der Waals surface area (Å²) in [6, 6.07) is 0. The minimum Gasteiger partial charge on any atom is -0.544 e. The molecule has 0 unspecified atom stereocenters. The zero-order valence-electron chi connectivity index (χ0n) is 20.1. The first-order valence-electron chi connectivity index (χ1n) is 9.24. The van der Waals surface area contributed by atoms with E-state index in [2.05, 4.69) is 9.97 Å². The van der Waals surface area contributed by atoms with Crippen LogP contribution in [0.25, 0.3) is 0 Å². The van der Waals surface area contributed by atoms with Crippen molar-refractivity contribution in [2.75, 3.05) is 11.5 Å². The van der Waals surface area contributed by atoms with Gasteiger partial charge in [-0.05, 0) is 0 Å². The molecule has 0 saturated heterocycles. The standard InChI is InChI=1S/C10H12ClFN2O2.C10H12ClFN2O.2CH4.ClO2.Na/c1-10(2,3)8-5(12)6(13)4(11)7(14-8)9(15)16;1-10(2,3)9-7(12)8(13)6(11)5(4-15)14-9;;;2-1-3;/h1-3H3,(H2,13,14)(H,15,16);4H,1-3H3,(H2,13,14);2*1H4;;/q;;;;-1;+1. The zero-order valence-corrected chi connectivity index (χ0v) is 24.4. The van der Waals surface area contributed by atoms with Crippen molar-refractivity contribution >= 4 is 46.8 Å². The van der Waals surface area contributed by atoms with Gasteiger partial charge < -0.3 is 25.9 Å². The van der Waals surface area contributed by atoms with E-state index < -0.39 is 45.5 Å². The summed E-state index contributed by atoms with van der Waals surface area (Å²) in [5, 5.41) is 8.35. The van der Waals surface area contributed by atoms with Crippen LogP contribution in [-0.2, 0) is 10.8 Å². The Hall–Kier alpha value is -1.31. The van der Waals surface area contributed by atoms with Gasteiger partial charge in [0.15, 0.2) is 23.6 Å². The van der Waals surface area contributed by atoms with Crippen molar-refractivity contribution in [3.05, 3.63) is 44.5 Å². The summed E-state index contributed by atoms with van der Waals surface area (Å²) in [5.41, 5.74) is 8.77. The Labute approximate surface area is 252 Å². The summed E-state index contributed by atoms with van der Waals surface area (Å²) < 4.78 is 43.9. The van der Waals surface area contributed by atoms with Gasteiger partial charge in [-0.15, -0.1) is 0 Å². The van der Waals surface area contributed by atoms with Gasteiger partial charge >= 0.3 is 35.5 Å². The first-order chi connectivity index (χ1) is 15.4. The third-order valence-corrected chi connectivity index (χ3v) is 4.77. The topological polar surface area (TPSA) is 178 Å². The molecule has 2 heterocycles. The summed E-state index contributed by atoms with van der Waals surface area (Å²) in [5.74, 6) is -2.75. The summed E-state index contributed by atoms with van der Waals surface area (Å²) in [6.07, 6.45) is 0.466. The van der Waals surface area contributed by atoms with Crippen molar-refractivity contribution in [3.8, 4) is 0 Å². The number of carboxylic acid groups (broad SMARTS) is 1. The smallest absolute Gasteiger partial charge is 0.544 e. The summed E-state index contributed by atoms with van der Waals surface area (Å²) in [7, 11) is 0. The number of pyridine rings is 2. The minimum atomic E-state index is -1.33. The molecule has 0 radical (unpaired) electrons. The molecule has 0 aliphatic carbocycles. The molecule has 5 N–H and O–H groups in total. The number of anilines is 2. The second kappa shape index (κ2) is 17.3. The Morgan fingerprint density at radius 2 is 1.24 bits per heavy atom. The van der Waals surface area contributed by atoms with Crippen molar-refractivity contribution in [3.63, 3.8) is 0 Å². The van der Waals surface area contributed by atoms with Crippen LogP contribution in [0.15, 0.2) is 0 Å². The third-order valence-electron chi connectivity index (χ3n) is 3.99. The number of aromatic nitrogens is 2. The third kappa shape index (κ3) is 11.5. The number of nitrogens with two attached hydrogens (primary N) is 2. The normalized spacial score (nSPS) is 10.2. The van der Waals surface area contributed by atoms with E-state index in [-0.39, 0.29) is 82.9 Å². The number of carbonyl (C=O) groups is 2. The molecule has 0 amide bonds. The maximum atomic E-state index is 13.7. The summed E-state index contributed by atoms with van der Waals surface area (Å²) in [6.45, 7) is 10.5. The average Bonchev–Trinajstić information content (AvgIpc) is 2.69. The largest absolute Gasteiger partial charge is 1.00 e. The van der Waals surface area contributed by atoms with Crippen LogP contribution >= 0.6 is 23.2 Å². The Morgan fingerprint density at radius 3 is 1.54 bits per heavy atom. The van der Waals surface area contributed by atoms with Crippen molar-refractivity contribution in [2.45, 2.75) is 67.2 Å². The molecule has 0 aliphatic rings. The van der Waals surface area contributed by atoms with E-state index in [0.29, 0.717) is 6.29 Å². The van der Waals surface area contributed by atoms with Gasteiger partial charge in [-0.1, -0.05) is 79.6 Å². The maximum absolute atomic E-state index is 13.7. The van der Waals surface area contributed by atoms with Gasteiger partial charge in [-0.2, -0.15) is 0 Å². The molecule has 0 spiro atoms. The minimum absolute atomic E-state index is 0. The van der Waals surface area contributed by atoms with E-state index in [0.717, 1.165) is 0 Å². The number of carbonyl (C=O) groups excluding carboxylic acids is 1. The van der Waals surface area contributed by atoms with Crippen molar-refractivity contribution < 1.29 is 73.7 Å². The van der Waals surface area contributed by atoms with Crippen molar-refractivity contribution in [1.29, 1.82) is 0 Å². The summed E-state index contributed by atoms with van der Waals surface area (Å²) in [4.78, 5) is 29.1. The Balaban J connectivity index is -0.000000248. The molecule has 206 valence electrons. The van der Waals surface area contributed by atoms with Crippen LogP contribution in [0, 0.1) is 23.0 Å². The van der Waals surface area contributed by atoms with E-state index in [1.54, 1.807) is 41.5 Å². The molecule has 2 rings (SSSR count). The maximum Gasteiger partial charge on any atom is 1.00 e. The molecule has 0 atom stereocenters. The number of aromatic carboxylic acids is 1. The number of aldehydes is 1. The number of nitrogen functional groups attached to an aromatic ring is 2. The fourth-order valence-corrected chi connectivity index (χ4v) is 2.73. The Morgan fingerprint density at radius 1 is 0.919 bits per heavy atom. The van der Waals surface area contributed by atoms with Crippen LogP contribution in [0.5, 0.6) is 0 Å². The fourth-order valence-electron chi connectivity index (χ4n) is 2.36. The fraction of sp³-hybridized carbons (Fsp3) is 0.455.